The number of para-hydroxylation sites is 2. The minimum Gasteiger partial charge on any atom is -0.486 e. The molecule has 1 amide bonds. The van der Waals surface area contributed by atoms with Crippen molar-refractivity contribution in [3.63, 3.8) is 0 Å². The number of amides is 1. The van der Waals surface area contributed by atoms with Crippen molar-refractivity contribution in [1.82, 2.24) is 14.9 Å². The molecule has 0 saturated carbocycles. The van der Waals surface area contributed by atoms with Gasteiger partial charge in [-0.1, -0.05) is 42.5 Å². The zero-order chi connectivity index (χ0) is 21.2. The Kier molecular flexibility index (Phi) is 5.13. The molecule has 5 rings (SSSR count). The van der Waals surface area contributed by atoms with Gasteiger partial charge in [-0.05, 0) is 23.8 Å². The minimum atomic E-state index is -0.290. The molecule has 1 unspecified atom stereocenters. The topological polar surface area (TPSA) is 82.5 Å². The number of carbonyl (C=O) groups excluding carboxylic acids is 1. The van der Waals surface area contributed by atoms with E-state index in [1.54, 1.807) is 0 Å². The van der Waals surface area contributed by atoms with Gasteiger partial charge < -0.3 is 14.8 Å². The molecule has 8 heteroatoms. The van der Waals surface area contributed by atoms with Gasteiger partial charge in [0.1, 0.15) is 24.1 Å². The second-order valence-electron chi connectivity index (χ2n) is 7.17. The molecule has 0 fully saturated rings. The van der Waals surface area contributed by atoms with Gasteiger partial charge in [-0.15, -0.1) is 11.3 Å². The fourth-order valence-electron chi connectivity index (χ4n) is 3.42. The van der Waals surface area contributed by atoms with Crippen LogP contribution in [-0.4, -0.2) is 34.7 Å². The maximum Gasteiger partial charge on any atom is 0.262 e. The second-order valence-corrected chi connectivity index (χ2v) is 8.21. The molecule has 1 N–H and O–H groups in total. The molecule has 31 heavy (non-hydrogen) atoms. The molecule has 0 saturated heterocycles. The van der Waals surface area contributed by atoms with Crippen LogP contribution in [0.5, 0.6) is 11.5 Å². The van der Waals surface area contributed by atoms with Crippen LogP contribution in [0.3, 0.4) is 0 Å². The molecule has 7 nitrogen and oxygen atoms in total. The molecule has 0 spiro atoms. The fraction of sp³-hybridized carbons (Fsp3) is 0.174. The molecule has 0 bridgehead atoms. The highest BCUT2D eigenvalue weighted by atomic mass is 32.1. The van der Waals surface area contributed by atoms with Gasteiger partial charge in [0, 0.05) is 4.88 Å². The van der Waals surface area contributed by atoms with Crippen molar-refractivity contribution in [2.24, 2.45) is 0 Å². The molecule has 0 aliphatic carbocycles. The lowest BCUT2D eigenvalue weighted by molar-refractivity contribution is -0.122. The van der Waals surface area contributed by atoms with Crippen LogP contribution in [0.1, 0.15) is 0 Å². The Bertz CT molecular complexity index is 1300. The van der Waals surface area contributed by atoms with E-state index in [1.807, 2.05) is 60.7 Å². The molecule has 1 atom stereocenters. The maximum atomic E-state index is 12.9. The average molecular weight is 433 g/mol. The van der Waals surface area contributed by atoms with E-state index in [4.69, 9.17) is 9.47 Å². The first-order valence-corrected chi connectivity index (χ1v) is 10.7. The quantitative estimate of drug-likeness (QED) is 0.523. The van der Waals surface area contributed by atoms with Crippen LogP contribution >= 0.6 is 11.3 Å². The predicted octanol–water partition coefficient (Wildman–Crippen LogP) is 3.08. The van der Waals surface area contributed by atoms with Crippen molar-refractivity contribution < 1.29 is 14.3 Å². The lowest BCUT2D eigenvalue weighted by Gasteiger charge is -2.26. The van der Waals surface area contributed by atoms with E-state index < -0.39 is 0 Å². The van der Waals surface area contributed by atoms with E-state index in [1.165, 1.54) is 22.2 Å². The van der Waals surface area contributed by atoms with Crippen LogP contribution in [0.4, 0.5) is 0 Å². The number of ether oxygens (including phenoxy) is 2. The number of carbonyl (C=O) groups is 1. The summed E-state index contributed by atoms with van der Waals surface area (Å²) in [4.78, 5) is 31.3. The van der Waals surface area contributed by atoms with Crippen molar-refractivity contribution in [2.75, 3.05) is 13.2 Å². The summed E-state index contributed by atoms with van der Waals surface area (Å²) in [6.07, 6.45) is 1.13. The fourth-order valence-corrected chi connectivity index (χ4v) is 4.41. The SMILES string of the molecule is O=C(Cn1cnc2sc(-c3ccccc3)cc2c1=O)NCC1COc2ccccc2O1. The molecule has 2 aromatic heterocycles. The van der Waals surface area contributed by atoms with E-state index >= 15 is 0 Å². The zero-order valence-electron chi connectivity index (χ0n) is 16.5. The number of hydrogen-bond donors (Lipinski definition) is 1. The van der Waals surface area contributed by atoms with Crippen LogP contribution in [0.25, 0.3) is 20.7 Å². The molecule has 3 heterocycles. The van der Waals surface area contributed by atoms with Gasteiger partial charge in [0.15, 0.2) is 11.5 Å². The standard InChI is InChI=1S/C23H19N3O4S/c27-21(24-11-16-13-29-18-8-4-5-9-19(18)30-16)12-26-14-25-22-17(23(26)28)10-20(31-22)15-6-2-1-3-7-15/h1-10,14,16H,11-13H2,(H,24,27). The van der Waals surface area contributed by atoms with Gasteiger partial charge >= 0.3 is 0 Å². The summed E-state index contributed by atoms with van der Waals surface area (Å²) in [7, 11) is 0. The lowest BCUT2D eigenvalue weighted by Crippen LogP contribution is -2.42. The normalized spacial score (nSPS) is 15.0. The average Bonchev–Trinajstić information content (AvgIpc) is 3.25. The number of rotatable bonds is 5. The third kappa shape index (κ3) is 4.02. The van der Waals surface area contributed by atoms with E-state index in [9.17, 15) is 9.59 Å². The van der Waals surface area contributed by atoms with Crippen LogP contribution in [0.15, 0.2) is 71.8 Å². The van der Waals surface area contributed by atoms with E-state index in [0.29, 0.717) is 28.3 Å². The van der Waals surface area contributed by atoms with Gasteiger partial charge in [-0.25, -0.2) is 4.98 Å². The number of aromatic nitrogens is 2. The zero-order valence-corrected chi connectivity index (χ0v) is 17.3. The third-order valence-electron chi connectivity index (χ3n) is 4.98. The molecule has 2 aromatic carbocycles. The van der Waals surface area contributed by atoms with Crippen molar-refractivity contribution in [1.29, 1.82) is 0 Å². The number of nitrogens with zero attached hydrogens (tertiary/aromatic N) is 2. The Balaban J connectivity index is 1.25. The van der Waals surface area contributed by atoms with Crippen molar-refractivity contribution >= 4 is 27.5 Å². The van der Waals surface area contributed by atoms with Crippen LogP contribution in [0.2, 0.25) is 0 Å². The van der Waals surface area contributed by atoms with Crippen LogP contribution < -0.4 is 20.3 Å². The predicted molar refractivity (Wildman–Crippen MR) is 119 cm³/mol. The molecule has 1 aliphatic rings. The first-order valence-electron chi connectivity index (χ1n) is 9.87. The highest BCUT2D eigenvalue weighted by Gasteiger charge is 2.21. The van der Waals surface area contributed by atoms with Crippen LogP contribution in [0, 0.1) is 0 Å². The largest absolute Gasteiger partial charge is 0.486 e. The van der Waals surface area contributed by atoms with Crippen molar-refractivity contribution in [3.8, 4) is 21.9 Å². The van der Waals surface area contributed by atoms with E-state index in [-0.39, 0.29) is 30.7 Å². The van der Waals surface area contributed by atoms with Gasteiger partial charge in [0.25, 0.3) is 5.56 Å². The van der Waals surface area contributed by atoms with Gasteiger partial charge in [0.2, 0.25) is 5.91 Å². The highest BCUT2D eigenvalue weighted by molar-refractivity contribution is 7.21. The number of hydrogen-bond acceptors (Lipinski definition) is 6. The Labute approximate surface area is 181 Å². The summed E-state index contributed by atoms with van der Waals surface area (Å²) in [5, 5.41) is 3.32. The summed E-state index contributed by atoms with van der Waals surface area (Å²) in [6.45, 7) is 0.526. The number of nitrogens with one attached hydrogen (secondary N) is 1. The number of thiophene rings is 1. The van der Waals surface area contributed by atoms with E-state index in [0.717, 1.165) is 10.4 Å². The van der Waals surface area contributed by atoms with Gasteiger partial charge in [0.05, 0.1) is 18.3 Å². The van der Waals surface area contributed by atoms with Crippen LogP contribution in [-0.2, 0) is 11.3 Å². The monoisotopic (exact) mass is 433 g/mol. The second kappa shape index (κ2) is 8.23. The third-order valence-corrected chi connectivity index (χ3v) is 6.08. The van der Waals surface area contributed by atoms with Gasteiger partial charge in [-0.3, -0.25) is 14.2 Å². The molecular formula is C23H19N3O4S. The van der Waals surface area contributed by atoms with Crippen molar-refractivity contribution in [3.05, 3.63) is 77.3 Å². The lowest BCUT2D eigenvalue weighted by atomic mass is 10.2. The smallest absolute Gasteiger partial charge is 0.262 e. The summed E-state index contributed by atoms with van der Waals surface area (Å²) >= 11 is 1.46. The summed E-state index contributed by atoms with van der Waals surface area (Å²) in [6, 6.07) is 19.1. The maximum absolute atomic E-state index is 12.9. The first-order chi connectivity index (χ1) is 15.2. The Hall–Kier alpha value is -3.65. The number of benzene rings is 2. The molecule has 0 radical (unpaired) electrons. The van der Waals surface area contributed by atoms with Gasteiger partial charge in [-0.2, -0.15) is 0 Å². The molecular weight excluding hydrogens is 414 g/mol. The Morgan fingerprint density at radius 3 is 2.74 bits per heavy atom. The first kappa shape index (κ1) is 19.3. The summed E-state index contributed by atoms with van der Waals surface area (Å²) < 4.78 is 12.8. The molecule has 1 aliphatic heterocycles. The molecule has 156 valence electrons. The summed E-state index contributed by atoms with van der Waals surface area (Å²) in [5.41, 5.74) is 0.801. The van der Waals surface area contributed by atoms with Crippen molar-refractivity contribution in [2.45, 2.75) is 12.6 Å². The Morgan fingerprint density at radius 1 is 1.13 bits per heavy atom. The number of fused-ring (bicyclic) bond motifs is 2. The summed E-state index contributed by atoms with van der Waals surface area (Å²) in [5.74, 6) is 1.07. The Morgan fingerprint density at radius 2 is 1.90 bits per heavy atom. The molecule has 4 aromatic rings. The minimum absolute atomic E-state index is 0.109. The van der Waals surface area contributed by atoms with E-state index in [2.05, 4.69) is 10.3 Å². The highest BCUT2D eigenvalue weighted by Crippen LogP contribution is 2.31.